The van der Waals surface area contributed by atoms with Crippen molar-refractivity contribution in [2.45, 2.75) is 38.4 Å². The lowest BCUT2D eigenvalue weighted by atomic mass is 10.0. The van der Waals surface area contributed by atoms with Crippen molar-refractivity contribution in [3.8, 4) is 5.75 Å². The van der Waals surface area contributed by atoms with Gasteiger partial charge in [-0.15, -0.1) is 0 Å². The van der Waals surface area contributed by atoms with Crippen LogP contribution in [0.25, 0.3) is 0 Å². The van der Waals surface area contributed by atoms with Crippen LogP contribution >= 0.6 is 0 Å². The summed E-state index contributed by atoms with van der Waals surface area (Å²) in [6.45, 7) is 5.70. The molecule has 1 aromatic carbocycles. The Hall–Kier alpha value is -1.59. The van der Waals surface area contributed by atoms with Gasteiger partial charge < -0.3 is 15.7 Å². The van der Waals surface area contributed by atoms with Crippen molar-refractivity contribution in [1.29, 1.82) is 0 Å². The summed E-state index contributed by atoms with van der Waals surface area (Å²) < 4.78 is 0. The topological polar surface area (TPSA) is 69.8 Å². The summed E-state index contributed by atoms with van der Waals surface area (Å²) >= 11 is 0. The summed E-state index contributed by atoms with van der Waals surface area (Å²) in [7, 11) is 2.09. The smallest absolute Gasteiger partial charge is 0.239 e. The van der Waals surface area contributed by atoms with Gasteiger partial charge in [0.05, 0.1) is 6.04 Å². The van der Waals surface area contributed by atoms with Crippen LogP contribution in [0, 0.1) is 0 Å². The predicted octanol–water partition coefficient (Wildman–Crippen LogP) is 0.813. The van der Waals surface area contributed by atoms with E-state index in [1.165, 1.54) is 0 Å². The Morgan fingerprint density at radius 2 is 1.81 bits per heavy atom. The fraction of sp³-hybridized carbons (Fsp3) is 0.562. The summed E-state index contributed by atoms with van der Waals surface area (Å²) in [6, 6.07) is 7.00. The monoisotopic (exact) mass is 291 g/mol. The minimum atomic E-state index is -0.530. The Morgan fingerprint density at radius 3 is 2.33 bits per heavy atom. The number of rotatable bonds is 3. The molecule has 1 heterocycles. The third-order valence-corrected chi connectivity index (χ3v) is 4.38. The van der Waals surface area contributed by atoms with Gasteiger partial charge in [0.25, 0.3) is 0 Å². The molecular weight excluding hydrogens is 266 g/mol. The maximum Gasteiger partial charge on any atom is 0.239 e. The van der Waals surface area contributed by atoms with Crippen LogP contribution in [0.3, 0.4) is 0 Å². The number of carbonyl (C=O) groups excluding carboxylic acids is 1. The van der Waals surface area contributed by atoms with Crippen LogP contribution < -0.4 is 5.73 Å². The number of phenolic OH excluding ortho intramolecular Hbond substituents is 1. The first-order valence-corrected chi connectivity index (χ1v) is 7.42. The Kier molecular flexibility index (Phi) is 4.85. The molecule has 1 saturated heterocycles. The van der Waals surface area contributed by atoms with Crippen molar-refractivity contribution in [3.05, 3.63) is 29.8 Å². The zero-order chi connectivity index (χ0) is 15.6. The van der Waals surface area contributed by atoms with Crippen LogP contribution in [-0.4, -0.2) is 59.1 Å². The average molecular weight is 291 g/mol. The maximum atomic E-state index is 12.5. The first-order valence-electron chi connectivity index (χ1n) is 7.42. The van der Waals surface area contributed by atoms with Crippen molar-refractivity contribution in [2.24, 2.45) is 5.73 Å². The highest BCUT2D eigenvalue weighted by molar-refractivity contribution is 5.82. The van der Waals surface area contributed by atoms with Crippen molar-refractivity contribution in [1.82, 2.24) is 9.80 Å². The number of nitrogens with zero attached hydrogens (tertiary/aromatic N) is 2. The molecule has 5 nitrogen and oxygen atoms in total. The van der Waals surface area contributed by atoms with Gasteiger partial charge in [0.1, 0.15) is 5.75 Å². The zero-order valence-electron chi connectivity index (χ0n) is 13.0. The number of hydrogen-bond acceptors (Lipinski definition) is 4. The quantitative estimate of drug-likeness (QED) is 0.865. The lowest BCUT2D eigenvalue weighted by molar-refractivity contribution is -0.136. The maximum absolute atomic E-state index is 12.5. The molecule has 0 aliphatic carbocycles. The highest BCUT2D eigenvalue weighted by atomic mass is 16.3. The first kappa shape index (κ1) is 15.8. The highest BCUT2D eigenvalue weighted by Crippen LogP contribution is 2.16. The van der Waals surface area contributed by atoms with E-state index in [9.17, 15) is 9.90 Å². The minimum absolute atomic E-state index is 0.00914. The fourth-order valence-corrected chi connectivity index (χ4v) is 2.79. The number of likely N-dealkylation sites (N-methyl/N-ethyl adjacent to an activating group) is 1. The van der Waals surface area contributed by atoms with Crippen LogP contribution in [0.1, 0.15) is 19.4 Å². The molecule has 1 aliphatic rings. The first-order chi connectivity index (χ1) is 9.88. The molecule has 0 spiro atoms. The van der Waals surface area contributed by atoms with Gasteiger partial charge in [-0.3, -0.25) is 9.69 Å². The number of carbonyl (C=O) groups is 1. The Bertz CT molecular complexity index is 477. The van der Waals surface area contributed by atoms with Gasteiger partial charge in [-0.1, -0.05) is 12.1 Å². The van der Waals surface area contributed by atoms with Crippen LogP contribution in [-0.2, 0) is 11.2 Å². The van der Waals surface area contributed by atoms with Gasteiger partial charge >= 0.3 is 0 Å². The van der Waals surface area contributed by atoms with Crippen molar-refractivity contribution in [2.75, 3.05) is 20.1 Å². The molecule has 2 rings (SSSR count). The molecule has 0 bridgehead atoms. The molecular formula is C16H25N3O2. The second kappa shape index (κ2) is 6.45. The molecule has 21 heavy (non-hydrogen) atoms. The number of piperazine rings is 1. The van der Waals surface area contributed by atoms with Gasteiger partial charge in [-0.05, 0) is 45.0 Å². The predicted molar refractivity (Wildman–Crippen MR) is 83.1 cm³/mol. The summed E-state index contributed by atoms with van der Waals surface area (Å²) in [5.41, 5.74) is 7.04. The van der Waals surface area contributed by atoms with Crippen molar-refractivity contribution in [3.63, 3.8) is 0 Å². The molecule has 3 atom stereocenters. The molecule has 1 fully saturated rings. The van der Waals surface area contributed by atoms with Gasteiger partial charge in [0.15, 0.2) is 0 Å². The van der Waals surface area contributed by atoms with E-state index < -0.39 is 6.04 Å². The van der Waals surface area contributed by atoms with E-state index in [0.717, 1.165) is 18.7 Å². The number of aromatic hydroxyl groups is 1. The summed E-state index contributed by atoms with van der Waals surface area (Å²) in [5.74, 6) is 0.232. The summed E-state index contributed by atoms with van der Waals surface area (Å²) in [6.07, 6.45) is 0.494. The van der Waals surface area contributed by atoms with E-state index in [4.69, 9.17) is 5.73 Å². The molecule has 1 aliphatic heterocycles. The lowest BCUT2D eigenvalue weighted by Crippen LogP contribution is -2.59. The van der Waals surface area contributed by atoms with E-state index in [1.54, 1.807) is 24.3 Å². The van der Waals surface area contributed by atoms with E-state index >= 15 is 0 Å². The zero-order valence-corrected chi connectivity index (χ0v) is 13.0. The largest absolute Gasteiger partial charge is 0.508 e. The number of amides is 1. The molecule has 0 saturated carbocycles. The summed E-state index contributed by atoms with van der Waals surface area (Å²) in [5, 5.41) is 9.28. The highest BCUT2D eigenvalue weighted by Gasteiger charge is 2.31. The van der Waals surface area contributed by atoms with Crippen LogP contribution in [0.5, 0.6) is 5.75 Å². The minimum Gasteiger partial charge on any atom is -0.508 e. The van der Waals surface area contributed by atoms with Crippen LogP contribution in [0.2, 0.25) is 0 Å². The second-order valence-electron chi connectivity index (χ2n) is 6.08. The number of nitrogens with two attached hydrogens (primary N) is 1. The standard InChI is InChI=1S/C16H25N3O2/c1-11-9-19(10-12(2)18(11)3)16(21)15(17)8-13-4-6-14(20)7-5-13/h4-7,11-12,15,20H,8-10,17H2,1-3H3/t11?,12?,15-/m1/s1. The molecule has 3 N–H and O–H groups in total. The Balaban J connectivity index is 1.97. The molecule has 2 unspecified atom stereocenters. The third-order valence-electron chi connectivity index (χ3n) is 4.38. The van der Waals surface area contributed by atoms with Gasteiger partial charge in [0.2, 0.25) is 5.91 Å². The van der Waals surface area contributed by atoms with E-state index in [-0.39, 0.29) is 11.7 Å². The number of benzene rings is 1. The Labute approximate surface area is 126 Å². The van der Waals surface area contributed by atoms with E-state index in [1.807, 2.05) is 4.90 Å². The lowest BCUT2D eigenvalue weighted by Gasteiger charge is -2.43. The van der Waals surface area contributed by atoms with Crippen molar-refractivity contribution < 1.29 is 9.90 Å². The molecule has 1 amide bonds. The summed E-state index contributed by atoms with van der Waals surface area (Å²) in [4.78, 5) is 16.7. The molecule has 5 heteroatoms. The van der Waals surface area contributed by atoms with Gasteiger partial charge in [-0.25, -0.2) is 0 Å². The Morgan fingerprint density at radius 1 is 1.29 bits per heavy atom. The normalized spacial score (nSPS) is 24.9. The number of hydrogen-bond donors (Lipinski definition) is 2. The van der Waals surface area contributed by atoms with Crippen molar-refractivity contribution >= 4 is 5.91 Å². The molecule has 116 valence electrons. The van der Waals surface area contributed by atoms with Gasteiger partial charge in [-0.2, -0.15) is 0 Å². The van der Waals surface area contributed by atoms with Gasteiger partial charge in [0, 0.05) is 25.2 Å². The SMILES string of the molecule is CC1CN(C(=O)[C@H](N)Cc2ccc(O)cc2)CC(C)N1C. The fourth-order valence-electron chi connectivity index (χ4n) is 2.79. The van der Waals surface area contributed by atoms with E-state index in [2.05, 4.69) is 25.8 Å². The number of phenols is 1. The van der Waals surface area contributed by atoms with Crippen LogP contribution in [0.15, 0.2) is 24.3 Å². The average Bonchev–Trinajstić information content (AvgIpc) is 2.45. The molecule has 0 radical (unpaired) electrons. The van der Waals surface area contributed by atoms with Crippen LogP contribution in [0.4, 0.5) is 0 Å². The van der Waals surface area contributed by atoms with E-state index in [0.29, 0.717) is 18.5 Å². The second-order valence-corrected chi connectivity index (χ2v) is 6.08. The molecule has 0 aromatic heterocycles. The molecule has 1 aromatic rings. The third kappa shape index (κ3) is 3.74.